The maximum absolute atomic E-state index is 12.7. The van der Waals surface area contributed by atoms with Gasteiger partial charge in [0, 0.05) is 28.2 Å². The molecule has 0 aliphatic heterocycles. The molecule has 0 spiro atoms. The van der Waals surface area contributed by atoms with Gasteiger partial charge in [0.15, 0.2) is 5.78 Å². The van der Waals surface area contributed by atoms with Gasteiger partial charge in [0.25, 0.3) is 0 Å². The van der Waals surface area contributed by atoms with Crippen molar-refractivity contribution in [2.45, 2.75) is 39.8 Å². The molecule has 136 valence electrons. The second kappa shape index (κ2) is 8.19. The standard InChI is InChI=1S/C20H21NO4S/c1-14-11-18(15(2)26-14)19(22)7-8-20(23)21(12-16-5-3-9-24-16)13-17-6-4-10-25-17/h3-6,9-11H,7-8,12-13H2,1-2H3. The first kappa shape index (κ1) is 18.2. The average Bonchev–Trinajstić information content (AvgIpc) is 3.35. The zero-order valence-corrected chi connectivity index (χ0v) is 15.7. The summed E-state index contributed by atoms with van der Waals surface area (Å²) in [7, 11) is 0. The van der Waals surface area contributed by atoms with Gasteiger partial charge in [-0.05, 0) is 44.2 Å². The van der Waals surface area contributed by atoms with Crippen LogP contribution in [-0.4, -0.2) is 16.6 Å². The van der Waals surface area contributed by atoms with Crippen LogP contribution in [0.25, 0.3) is 0 Å². The number of aryl methyl sites for hydroxylation is 2. The largest absolute Gasteiger partial charge is 0.467 e. The van der Waals surface area contributed by atoms with Crippen molar-refractivity contribution in [3.63, 3.8) is 0 Å². The summed E-state index contributed by atoms with van der Waals surface area (Å²) >= 11 is 1.60. The number of Topliss-reactive ketones (excluding diaryl/α,β-unsaturated/α-hetero) is 1. The van der Waals surface area contributed by atoms with E-state index in [4.69, 9.17) is 8.83 Å². The molecule has 0 aromatic carbocycles. The molecule has 26 heavy (non-hydrogen) atoms. The van der Waals surface area contributed by atoms with Crippen LogP contribution >= 0.6 is 11.3 Å². The van der Waals surface area contributed by atoms with Crippen LogP contribution in [0.15, 0.2) is 51.7 Å². The lowest BCUT2D eigenvalue weighted by Crippen LogP contribution is -2.30. The van der Waals surface area contributed by atoms with E-state index in [-0.39, 0.29) is 24.5 Å². The van der Waals surface area contributed by atoms with Gasteiger partial charge in [-0.15, -0.1) is 11.3 Å². The average molecular weight is 371 g/mol. The Balaban J connectivity index is 1.64. The number of hydrogen-bond donors (Lipinski definition) is 0. The highest BCUT2D eigenvalue weighted by Gasteiger charge is 2.20. The van der Waals surface area contributed by atoms with E-state index in [2.05, 4.69) is 0 Å². The van der Waals surface area contributed by atoms with Crippen molar-refractivity contribution in [2.24, 2.45) is 0 Å². The number of ketones is 1. The first-order valence-corrected chi connectivity index (χ1v) is 9.27. The van der Waals surface area contributed by atoms with E-state index in [1.54, 1.807) is 40.9 Å². The lowest BCUT2D eigenvalue weighted by Gasteiger charge is -2.20. The quantitative estimate of drug-likeness (QED) is 0.536. The monoisotopic (exact) mass is 371 g/mol. The minimum atomic E-state index is -0.101. The molecule has 3 aromatic heterocycles. The van der Waals surface area contributed by atoms with Crippen LogP contribution in [0.5, 0.6) is 0 Å². The smallest absolute Gasteiger partial charge is 0.223 e. The molecule has 0 unspecified atom stereocenters. The Morgan fingerprint density at radius 1 is 1.00 bits per heavy atom. The number of nitrogens with zero attached hydrogens (tertiary/aromatic N) is 1. The Hall–Kier alpha value is -2.60. The molecule has 3 heterocycles. The van der Waals surface area contributed by atoms with Crippen molar-refractivity contribution in [2.75, 3.05) is 0 Å². The second-order valence-electron chi connectivity index (χ2n) is 6.16. The summed E-state index contributed by atoms with van der Waals surface area (Å²) in [5.41, 5.74) is 0.726. The van der Waals surface area contributed by atoms with Gasteiger partial charge in [0.1, 0.15) is 11.5 Å². The second-order valence-corrected chi connectivity index (χ2v) is 7.62. The highest BCUT2D eigenvalue weighted by atomic mass is 32.1. The fourth-order valence-electron chi connectivity index (χ4n) is 2.83. The maximum atomic E-state index is 12.7. The summed E-state index contributed by atoms with van der Waals surface area (Å²) in [6, 6.07) is 9.12. The first-order valence-electron chi connectivity index (χ1n) is 8.45. The van der Waals surface area contributed by atoms with Crippen LogP contribution in [0.4, 0.5) is 0 Å². The molecule has 6 heteroatoms. The van der Waals surface area contributed by atoms with Crippen LogP contribution in [0, 0.1) is 13.8 Å². The van der Waals surface area contributed by atoms with Gasteiger partial charge in [-0.3, -0.25) is 9.59 Å². The normalized spacial score (nSPS) is 10.8. The molecule has 0 N–H and O–H groups in total. The maximum Gasteiger partial charge on any atom is 0.223 e. The third kappa shape index (κ3) is 4.52. The predicted molar refractivity (Wildman–Crippen MR) is 99.0 cm³/mol. The highest BCUT2D eigenvalue weighted by Crippen LogP contribution is 2.22. The Morgan fingerprint density at radius 3 is 2.08 bits per heavy atom. The van der Waals surface area contributed by atoms with Crippen molar-refractivity contribution in [1.29, 1.82) is 0 Å². The van der Waals surface area contributed by atoms with Crippen LogP contribution in [-0.2, 0) is 17.9 Å². The minimum Gasteiger partial charge on any atom is -0.467 e. The van der Waals surface area contributed by atoms with Gasteiger partial charge in [-0.25, -0.2) is 0 Å². The molecular formula is C20H21NO4S. The molecular weight excluding hydrogens is 350 g/mol. The molecule has 0 saturated heterocycles. The van der Waals surface area contributed by atoms with Crippen LogP contribution < -0.4 is 0 Å². The molecule has 0 radical (unpaired) electrons. The third-order valence-corrected chi connectivity index (χ3v) is 5.08. The van der Waals surface area contributed by atoms with Gasteiger partial charge in [-0.1, -0.05) is 0 Å². The predicted octanol–water partition coefficient (Wildman–Crippen LogP) is 4.74. The van der Waals surface area contributed by atoms with Crippen LogP contribution in [0.1, 0.15) is 44.5 Å². The van der Waals surface area contributed by atoms with Gasteiger partial charge in [0.05, 0.1) is 25.6 Å². The van der Waals surface area contributed by atoms with E-state index in [1.807, 2.05) is 32.0 Å². The lowest BCUT2D eigenvalue weighted by atomic mass is 10.1. The van der Waals surface area contributed by atoms with Gasteiger partial charge in [0.2, 0.25) is 5.91 Å². The summed E-state index contributed by atoms with van der Waals surface area (Å²) in [4.78, 5) is 28.9. The molecule has 0 saturated carbocycles. The van der Waals surface area contributed by atoms with E-state index < -0.39 is 0 Å². The fourth-order valence-corrected chi connectivity index (χ4v) is 3.78. The minimum absolute atomic E-state index is 0.0103. The lowest BCUT2D eigenvalue weighted by molar-refractivity contribution is -0.133. The van der Waals surface area contributed by atoms with Crippen molar-refractivity contribution in [1.82, 2.24) is 4.90 Å². The zero-order valence-electron chi connectivity index (χ0n) is 14.9. The van der Waals surface area contributed by atoms with E-state index in [1.165, 1.54) is 0 Å². The number of rotatable bonds is 8. The molecule has 0 aliphatic rings. The van der Waals surface area contributed by atoms with Crippen molar-refractivity contribution >= 4 is 23.0 Å². The molecule has 0 aliphatic carbocycles. The molecule has 5 nitrogen and oxygen atoms in total. The molecule has 0 bridgehead atoms. The summed E-state index contributed by atoms with van der Waals surface area (Å²) < 4.78 is 10.7. The topological polar surface area (TPSA) is 63.7 Å². The molecule has 1 amide bonds. The Labute approximate surface area is 156 Å². The Kier molecular flexibility index (Phi) is 5.73. The Bertz CT molecular complexity index is 826. The molecule has 0 atom stereocenters. The number of carbonyl (C=O) groups excluding carboxylic acids is 2. The SMILES string of the molecule is Cc1cc(C(=O)CCC(=O)N(Cc2ccco2)Cc2ccco2)c(C)s1. The number of furan rings is 2. The summed E-state index contributed by atoms with van der Waals surface area (Å²) in [6.45, 7) is 4.61. The number of thiophene rings is 1. The molecule has 3 rings (SSSR count). The third-order valence-electron chi connectivity index (χ3n) is 4.11. The van der Waals surface area contributed by atoms with Gasteiger partial charge in [-0.2, -0.15) is 0 Å². The Morgan fingerprint density at radius 2 is 1.62 bits per heavy atom. The van der Waals surface area contributed by atoms with Crippen molar-refractivity contribution < 1.29 is 18.4 Å². The van der Waals surface area contributed by atoms with E-state index in [0.29, 0.717) is 24.6 Å². The fraction of sp³-hybridized carbons (Fsp3) is 0.300. The van der Waals surface area contributed by atoms with Gasteiger partial charge < -0.3 is 13.7 Å². The van der Waals surface area contributed by atoms with E-state index in [9.17, 15) is 9.59 Å². The molecule has 3 aromatic rings. The van der Waals surface area contributed by atoms with Gasteiger partial charge >= 0.3 is 0 Å². The molecule has 0 fully saturated rings. The summed E-state index contributed by atoms with van der Waals surface area (Å²) in [6.07, 6.45) is 3.52. The summed E-state index contributed by atoms with van der Waals surface area (Å²) in [5, 5.41) is 0. The van der Waals surface area contributed by atoms with E-state index >= 15 is 0 Å². The first-order chi connectivity index (χ1) is 12.5. The van der Waals surface area contributed by atoms with Crippen LogP contribution in [0.2, 0.25) is 0 Å². The van der Waals surface area contributed by atoms with Crippen molar-refractivity contribution in [3.05, 3.63) is 69.7 Å². The van der Waals surface area contributed by atoms with Crippen LogP contribution in [0.3, 0.4) is 0 Å². The number of hydrogen-bond acceptors (Lipinski definition) is 5. The zero-order chi connectivity index (χ0) is 18.5. The number of carbonyl (C=O) groups is 2. The number of amides is 1. The highest BCUT2D eigenvalue weighted by molar-refractivity contribution is 7.12. The summed E-state index contributed by atoms with van der Waals surface area (Å²) in [5.74, 6) is 1.30. The van der Waals surface area contributed by atoms with Crippen molar-refractivity contribution in [3.8, 4) is 0 Å². The van der Waals surface area contributed by atoms with E-state index in [0.717, 1.165) is 15.3 Å².